The van der Waals surface area contributed by atoms with Crippen LogP contribution in [0.25, 0.3) is 0 Å². The van der Waals surface area contributed by atoms with Crippen molar-refractivity contribution in [1.82, 2.24) is 0 Å². The van der Waals surface area contributed by atoms with Gasteiger partial charge < -0.3 is 5.11 Å². The normalized spacial score (nSPS) is 12.3. The fourth-order valence-electron chi connectivity index (χ4n) is 1.65. The van der Waals surface area contributed by atoms with Gasteiger partial charge in [-0.1, -0.05) is 42.5 Å². The molecule has 0 aliphatic rings. The monoisotopic (exact) mass is 230 g/mol. The molecular weight excluding hydrogens is 216 g/mol. The van der Waals surface area contributed by atoms with Crippen molar-refractivity contribution in [2.75, 3.05) is 0 Å². The molecule has 1 nitrogen and oxygen atoms in total. The van der Waals surface area contributed by atoms with Gasteiger partial charge in [0.2, 0.25) is 0 Å². The Kier molecular flexibility index (Phi) is 3.52. The van der Waals surface area contributed by atoms with E-state index in [-0.39, 0.29) is 5.25 Å². The van der Waals surface area contributed by atoms with E-state index in [1.807, 2.05) is 30.3 Å². The van der Waals surface area contributed by atoms with Crippen LogP contribution >= 0.6 is 12.6 Å². The minimum Gasteiger partial charge on any atom is -0.508 e. The maximum Gasteiger partial charge on any atom is 0.115 e. The molecule has 2 aromatic rings. The maximum atomic E-state index is 9.19. The second kappa shape index (κ2) is 5.08. The number of hydrogen-bond donors (Lipinski definition) is 2. The van der Waals surface area contributed by atoms with E-state index in [9.17, 15) is 5.11 Å². The number of thiol groups is 1. The third-order valence-corrected chi connectivity index (χ3v) is 3.03. The fraction of sp³-hybridized carbons (Fsp3) is 0.143. The molecule has 2 aromatic carbocycles. The van der Waals surface area contributed by atoms with Crippen molar-refractivity contribution in [2.24, 2.45) is 0 Å². The van der Waals surface area contributed by atoms with Gasteiger partial charge in [0, 0.05) is 5.25 Å². The zero-order valence-electron chi connectivity index (χ0n) is 8.88. The van der Waals surface area contributed by atoms with Gasteiger partial charge in [-0.15, -0.1) is 0 Å². The van der Waals surface area contributed by atoms with E-state index in [4.69, 9.17) is 0 Å². The number of aromatic hydroxyl groups is 1. The van der Waals surface area contributed by atoms with Gasteiger partial charge in [-0.25, -0.2) is 0 Å². The Bertz CT molecular complexity index is 436. The van der Waals surface area contributed by atoms with E-state index in [1.54, 1.807) is 12.1 Å². The van der Waals surface area contributed by atoms with E-state index in [1.165, 1.54) is 11.1 Å². The molecule has 1 N–H and O–H groups in total. The summed E-state index contributed by atoms with van der Waals surface area (Å²) >= 11 is 4.59. The van der Waals surface area contributed by atoms with Gasteiger partial charge in [0.05, 0.1) is 0 Å². The summed E-state index contributed by atoms with van der Waals surface area (Å²) in [4.78, 5) is 0. The Morgan fingerprint density at radius 2 is 1.56 bits per heavy atom. The Morgan fingerprint density at radius 3 is 2.19 bits per heavy atom. The van der Waals surface area contributed by atoms with Crippen LogP contribution in [-0.4, -0.2) is 5.11 Å². The SMILES string of the molecule is Oc1ccc(CC(S)c2ccccc2)cc1. The first-order valence-corrected chi connectivity index (χ1v) is 5.78. The molecular formula is C14H14OS. The highest BCUT2D eigenvalue weighted by atomic mass is 32.1. The molecule has 2 heteroatoms. The number of phenolic OH excluding ortho intramolecular Hbond substituents is 1. The molecule has 0 heterocycles. The first-order chi connectivity index (χ1) is 7.75. The van der Waals surface area contributed by atoms with Gasteiger partial charge in [-0.3, -0.25) is 0 Å². The van der Waals surface area contributed by atoms with Crippen LogP contribution in [0.15, 0.2) is 54.6 Å². The average Bonchev–Trinajstić information content (AvgIpc) is 2.33. The predicted octanol–water partition coefficient (Wildman–Crippen LogP) is 3.61. The summed E-state index contributed by atoms with van der Waals surface area (Å²) in [6, 6.07) is 17.5. The fourth-order valence-corrected chi connectivity index (χ4v) is 2.03. The molecule has 0 amide bonds. The summed E-state index contributed by atoms with van der Waals surface area (Å²) in [5.74, 6) is 0.305. The van der Waals surface area contributed by atoms with Crippen LogP contribution in [0.5, 0.6) is 5.75 Å². The van der Waals surface area contributed by atoms with E-state index < -0.39 is 0 Å². The van der Waals surface area contributed by atoms with Gasteiger partial charge in [0.25, 0.3) is 0 Å². The maximum absolute atomic E-state index is 9.19. The molecule has 0 spiro atoms. The van der Waals surface area contributed by atoms with E-state index >= 15 is 0 Å². The van der Waals surface area contributed by atoms with Crippen LogP contribution in [0.3, 0.4) is 0 Å². The second-order valence-corrected chi connectivity index (χ2v) is 4.42. The van der Waals surface area contributed by atoms with E-state index in [0.29, 0.717) is 5.75 Å². The molecule has 0 saturated heterocycles. The Hall–Kier alpha value is -1.41. The third kappa shape index (κ3) is 2.80. The van der Waals surface area contributed by atoms with Crippen LogP contribution in [0.1, 0.15) is 16.4 Å². The molecule has 0 bridgehead atoms. The molecule has 0 radical (unpaired) electrons. The summed E-state index contributed by atoms with van der Waals surface area (Å²) in [7, 11) is 0. The largest absolute Gasteiger partial charge is 0.508 e. The lowest BCUT2D eigenvalue weighted by Crippen LogP contribution is -1.95. The summed E-state index contributed by atoms with van der Waals surface area (Å²) in [6.45, 7) is 0. The number of phenols is 1. The van der Waals surface area contributed by atoms with Crippen LogP contribution in [0, 0.1) is 0 Å². The molecule has 82 valence electrons. The Morgan fingerprint density at radius 1 is 0.938 bits per heavy atom. The third-order valence-electron chi connectivity index (χ3n) is 2.55. The molecule has 1 unspecified atom stereocenters. The van der Waals surface area contributed by atoms with Crippen LogP contribution < -0.4 is 0 Å². The van der Waals surface area contributed by atoms with Crippen LogP contribution in [0.4, 0.5) is 0 Å². The lowest BCUT2D eigenvalue weighted by Gasteiger charge is -2.10. The number of hydrogen-bond acceptors (Lipinski definition) is 2. The van der Waals surface area contributed by atoms with Crippen molar-refractivity contribution in [3.05, 3.63) is 65.7 Å². The minimum absolute atomic E-state index is 0.200. The zero-order chi connectivity index (χ0) is 11.4. The van der Waals surface area contributed by atoms with Crippen molar-refractivity contribution < 1.29 is 5.11 Å². The van der Waals surface area contributed by atoms with Crippen molar-refractivity contribution in [2.45, 2.75) is 11.7 Å². The van der Waals surface area contributed by atoms with Crippen molar-refractivity contribution in [1.29, 1.82) is 0 Å². The van der Waals surface area contributed by atoms with Gasteiger partial charge in [0.1, 0.15) is 5.75 Å². The zero-order valence-corrected chi connectivity index (χ0v) is 9.77. The van der Waals surface area contributed by atoms with Crippen LogP contribution in [-0.2, 0) is 6.42 Å². The first-order valence-electron chi connectivity index (χ1n) is 5.26. The topological polar surface area (TPSA) is 20.2 Å². The molecule has 0 aliphatic carbocycles. The number of rotatable bonds is 3. The average molecular weight is 230 g/mol. The highest BCUT2D eigenvalue weighted by Crippen LogP contribution is 2.24. The summed E-state index contributed by atoms with van der Waals surface area (Å²) in [5.41, 5.74) is 2.40. The highest BCUT2D eigenvalue weighted by Gasteiger charge is 2.06. The lowest BCUT2D eigenvalue weighted by molar-refractivity contribution is 0.475. The minimum atomic E-state index is 0.200. The molecule has 16 heavy (non-hydrogen) atoms. The standard InChI is InChI=1S/C14H14OS/c15-13-8-6-11(7-9-13)10-14(16)12-4-2-1-3-5-12/h1-9,14-16H,10H2. The van der Waals surface area contributed by atoms with Gasteiger partial charge in [-0.05, 0) is 29.7 Å². The summed E-state index contributed by atoms with van der Waals surface area (Å²) in [5, 5.41) is 9.39. The molecule has 0 saturated carbocycles. The van der Waals surface area contributed by atoms with Crippen molar-refractivity contribution in [3.8, 4) is 5.75 Å². The smallest absolute Gasteiger partial charge is 0.115 e. The van der Waals surface area contributed by atoms with Crippen molar-refractivity contribution >= 4 is 12.6 Å². The molecule has 0 fully saturated rings. The predicted molar refractivity (Wildman–Crippen MR) is 70.0 cm³/mol. The van der Waals surface area contributed by atoms with Gasteiger partial charge in [0.15, 0.2) is 0 Å². The van der Waals surface area contributed by atoms with E-state index in [0.717, 1.165) is 6.42 Å². The molecule has 2 rings (SSSR count). The number of benzene rings is 2. The summed E-state index contributed by atoms with van der Waals surface area (Å²) in [6.07, 6.45) is 0.868. The van der Waals surface area contributed by atoms with E-state index in [2.05, 4.69) is 24.8 Å². The highest BCUT2D eigenvalue weighted by molar-refractivity contribution is 7.80. The second-order valence-electron chi connectivity index (χ2n) is 3.80. The van der Waals surface area contributed by atoms with Crippen LogP contribution in [0.2, 0.25) is 0 Å². The Labute approximate surface area is 101 Å². The lowest BCUT2D eigenvalue weighted by atomic mass is 10.0. The Balaban J connectivity index is 2.08. The molecule has 0 aromatic heterocycles. The van der Waals surface area contributed by atoms with Crippen molar-refractivity contribution in [3.63, 3.8) is 0 Å². The van der Waals surface area contributed by atoms with Gasteiger partial charge in [-0.2, -0.15) is 12.6 Å². The first kappa shape index (κ1) is 11.1. The quantitative estimate of drug-likeness (QED) is 0.772. The molecule has 0 aliphatic heterocycles. The molecule has 1 atom stereocenters. The summed E-state index contributed by atoms with van der Waals surface area (Å²) < 4.78 is 0. The van der Waals surface area contributed by atoms with Gasteiger partial charge >= 0.3 is 0 Å².